The summed E-state index contributed by atoms with van der Waals surface area (Å²) in [6.45, 7) is 3.56. The number of hydrogen-bond acceptors (Lipinski definition) is 10. The summed E-state index contributed by atoms with van der Waals surface area (Å²) in [5, 5.41) is 3.78. The zero-order chi connectivity index (χ0) is 30.7. The van der Waals surface area contributed by atoms with Crippen LogP contribution in [0.25, 0.3) is 32.4 Å². The van der Waals surface area contributed by atoms with Gasteiger partial charge in [0.25, 0.3) is 5.56 Å². The largest absolute Gasteiger partial charge is 0.461 e. The van der Waals surface area contributed by atoms with Gasteiger partial charge in [-0.3, -0.25) is 9.69 Å². The summed E-state index contributed by atoms with van der Waals surface area (Å²) in [5.74, 6) is -0.881. The molecule has 4 aliphatic heterocycles. The van der Waals surface area contributed by atoms with Crippen LogP contribution in [0.5, 0.6) is 6.01 Å². The Morgan fingerprint density at radius 2 is 1.96 bits per heavy atom. The van der Waals surface area contributed by atoms with Crippen LogP contribution >= 0.6 is 11.3 Å². The first-order valence-corrected chi connectivity index (χ1v) is 16.6. The standard InChI is InChI=1S/C31H33F3N8O2S/c32-16-12-31(6-1-10-41(31)13-16)15-44-29-38-23-20(26(39-29)40-11-8-30(14-40)7-9-36-30)27(43)42(17-2-3-17)24(21(23)34)18-4-5-19(33)25-22(18)37-28(35)45-25/h4-5,16-17,36H,1-3,6-15H2,(H2,35,37)/t16-,30?,31+/m1/s1. The van der Waals surface area contributed by atoms with Crippen LogP contribution in [0.2, 0.25) is 0 Å². The molecule has 0 radical (unpaired) electrons. The molecule has 3 aromatic heterocycles. The van der Waals surface area contributed by atoms with Crippen molar-refractivity contribution < 1.29 is 17.9 Å². The summed E-state index contributed by atoms with van der Waals surface area (Å²) in [6, 6.07) is 2.45. The van der Waals surface area contributed by atoms with E-state index < -0.39 is 28.9 Å². The molecule has 1 unspecified atom stereocenters. The maximum Gasteiger partial charge on any atom is 0.319 e. The second-order valence-corrected chi connectivity index (χ2v) is 14.5. The number of alkyl halides is 1. The summed E-state index contributed by atoms with van der Waals surface area (Å²) in [4.78, 5) is 32.3. The first-order chi connectivity index (χ1) is 21.7. The molecule has 14 heteroatoms. The van der Waals surface area contributed by atoms with Gasteiger partial charge in [0.05, 0.1) is 21.4 Å². The highest BCUT2D eigenvalue weighted by atomic mass is 32.1. The monoisotopic (exact) mass is 638 g/mol. The zero-order valence-corrected chi connectivity index (χ0v) is 25.4. The Labute approximate surface area is 260 Å². The first-order valence-electron chi connectivity index (χ1n) is 15.8. The van der Waals surface area contributed by atoms with E-state index in [1.54, 1.807) is 0 Å². The lowest BCUT2D eigenvalue weighted by molar-refractivity contribution is 0.107. The molecule has 1 saturated carbocycles. The van der Waals surface area contributed by atoms with Gasteiger partial charge in [-0.1, -0.05) is 11.3 Å². The number of nitrogens with two attached hydrogens (primary N) is 1. The maximum atomic E-state index is 17.2. The molecule has 3 N–H and O–H groups in total. The van der Waals surface area contributed by atoms with Crippen LogP contribution in [0.4, 0.5) is 24.1 Å². The Morgan fingerprint density at radius 1 is 1.11 bits per heavy atom. The minimum Gasteiger partial charge on any atom is -0.461 e. The number of anilines is 2. The van der Waals surface area contributed by atoms with E-state index >= 15 is 4.39 Å². The maximum absolute atomic E-state index is 17.2. The van der Waals surface area contributed by atoms with Crippen LogP contribution in [-0.2, 0) is 0 Å². The molecule has 7 heterocycles. The Morgan fingerprint density at radius 3 is 2.71 bits per heavy atom. The highest BCUT2D eigenvalue weighted by Gasteiger charge is 2.50. The molecule has 4 aromatic rings. The van der Waals surface area contributed by atoms with Crippen LogP contribution in [0.15, 0.2) is 16.9 Å². The van der Waals surface area contributed by atoms with Crippen LogP contribution in [0, 0.1) is 11.6 Å². The first kappa shape index (κ1) is 27.8. The SMILES string of the molecule is Nc1nc2c(-c3c(F)c4nc(OC[C@@]56CCCN5C[C@H](F)C6)nc(N5CCC6(CCN6)C5)c4c(=O)n3C3CC3)ccc(F)c2s1. The molecule has 0 amide bonds. The van der Waals surface area contributed by atoms with E-state index in [0.717, 1.165) is 50.1 Å². The molecule has 10 nitrogen and oxygen atoms in total. The molecule has 236 valence electrons. The zero-order valence-electron chi connectivity index (χ0n) is 24.6. The fraction of sp³-hybridized carbons (Fsp3) is 0.548. The van der Waals surface area contributed by atoms with Gasteiger partial charge in [0.1, 0.15) is 35.3 Å². The fourth-order valence-electron chi connectivity index (χ4n) is 8.16. The van der Waals surface area contributed by atoms with Crippen molar-refractivity contribution in [2.24, 2.45) is 0 Å². The molecular weight excluding hydrogens is 605 g/mol. The Hall–Kier alpha value is -3.49. The fourth-order valence-corrected chi connectivity index (χ4v) is 8.92. The third kappa shape index (κ3) is 4.21. The molecule has 1 spiro atoms. The number of nitrogens with zero attached hydrogens (tertiary/aromatic N) is 6. The predicted molar refractivity (Wildman–Crippen MR) is 166 cm³/mol. The van der Waals surface area contributed by atoms with Crippen molar-refractivity contribution in [3.63, 3.8) is 0 Å². The average molecular weight is 639 g/mol. The van der Waals surface area contributed by atoms with Crippen LogP contribution in [0.1, 0.15) is 51.0 Å². The van der Waals surface area contributed by atoms with Crippen molar-refractivity contribution in [2.45, 2.75) is 68.2 Å². The van der Waals surface area contributed by atoms with Crippen molar-refractivity contribution in [1.29, 1.82) is 0 Å². The summed E-state index contributed by atoms with van der Waals surface area (Å²) >= 11 is 0.979. The van der Waals surface area contributed by atoms with Crippen molar-refractivity contribution in [3.8, 4) is 17.3 Å². The lowest BCUT2D eigenvalue weighted by Gasteiger charge is -2.39. The normalized spacial score (nSPS) is 28.1. The Balaban J connectivity index is 1.24. The van der Waals surface area contributed by atoms with Crippen LogP contribution in [0.3, 0.4) is 0 Å². The summed E-state index contributed by atoms with van der Waals surface area (Å²) in [6.07, 6.45) is 4.51. The number of nitrogens with one attached hydrogen (secondary N) is 1. The number of fused-ring (bicyclic) bond motifs is 3. The van der Waals surface area contributed by atoms with E-state index in [4.69, 9.17) is 15.5 Å². The molecular formula is C31H33F3N8O2S. The number of rotatable bonds is 6. The molecule has 0 bridgehead atoms. The lowest BCUT2D eigenvalue weighted by Crippen LogP contribution is -2.58. The molecule has 45 heavy (non-hydrogen) atoms. The number of halogens is 3. The van der Waals surface area contributed by atoms with Gasteiger partial charge in [0.2, 0.25) is 0 Å². The van der Waals surface area contributed by atoms with E-state index in [-0.39, 0.29) is 61.7 Å². The van der Waals surface area contributed by atoms with Gasteiger partial charge < -0.3 is 25.3 Å². The van der Waals surface area contributed by atoms with Gasteiger partial charge in [-0.2, -0.15) is 9.97 Å². The quantitative estimate of drug-likeness (QED) is 0.321. The average Bonchev–Trinajstić information content (AvgIpc) is 3.29. The topological polar surface area (TPSA) is 114 Å². The van der Waals surface area contributed by atoms with Crippen LogP contribution in [-0.4, -0.2) is 81.0 Å². The summed E-state index contributed by atoms with van der Waals surface area (Å²) in [7, 11) is 0. The van der Waals surface area contributed by atoms with E-state index in [2.05, 4.69) is 20.2 Å². The van der Waals surface area contributed by atoms with E-state index in [9.17, 15) is 13.6 Å². The van der Waals surface area contributed by atoms with E-state index in [1.165, 1.54) is 16.7 Å². The van der Waals surface area contributed by atoms with Gasteiger partial charge in [0, 0.05) is 43.2 Å². The van der Waals surface area contributed by atoms with Gasteiger partial charge in [-0.25, -0.2) is 18.2 Å². The number of thiazole rings is 1. The molecule has 9 rings (SSSR count). The second-order valence-electron chi connectivity index (χ2n) is 13.4. The van der Waals surface area contributed by atoms with Crippen molar-refractivity contribution in [1.82, 2.24) is 29.7 Å². The molecule has 5 aliphatic rings. The Bertz CT molecular complexity index is 1940. The number of pyridine rings is 1. The number of aromatic nitrogens is 4. The molecule has 3 atom stereocenters. The van der Waals surface area contributed by atoms with Gasteiger partial charge in [-0.15, -0.1) is 0 Å². The van der Waals surface area contributed by atoms with Crippen molar-refractivity contribution >= 4 is 43.4 Å². The lowest BCUT2D eigenvalue weighted by atomic mass is 9.87. The number of nitrogen functional groups attached to an aromatic ring is 1. The molecule has 4 saturated heterocycles. The van der Waals surface area contributed by atoms with Crippen molar-refractivity contribution in [2.75, 3.05) is 50.0 Å². The molecule has 5 fully saturated rings. The van der Waals surface area contributed by atoms with Gasteiger partial charge in [-0.05, 0) is 63.7 Å². The van der Waals surface area contributed by atoms with Crippen molar-refractivity contribution in [3.05, 3.63) is 34.1 Å². The smallest absolute Gasteiger partial charge is 0.319 e. The predicted octanol–water partition coefficient (Wildman–Crippen LogP) is 4.16. The highest BCUT2D eigenvalue weighted by Crippen LogP contribution is 2.45. The minimum absolute atomic E-state index is 0.0103. The van der Waals surface area contributed by atoms with Crippen LogP contribution < -0.4 is 26.2 Å². The molecule has 1 aromatic carbocycles. The second kappa shape index (κ2) is 9.76. The summed E-state index contributed by atoms with van der Waals surface area (Å²) in [5.41, 5.74) is 5.40. The van der Waals surface area contributed by atoms with E-state index in [0.29, 0.717) is 44.7 Å². The third-order valence-corrected chi connectivity index (χ3v) is 11.5. The Kier molecular flexibility index (Phi) is 6.02. The number of ether oxygens (including phenoxy) is 1. The summed E-state index contributed by atoms with van der Waals surface area (Å²) < 4.78 is 54.3. The molecule has 1 aliphatic carbocycles. The highest BCUT2D eigenvalue weighted by molar-refractivity contribution is 7.22. The number of benzene rings is 1. The van der Waals surface area contributed by atoms with Gasteiger partial charge >= 0.3 is 6.01 Å². The number of hydrogen-bond donors (Lipinski definition) is 2. The van der Waals surface area contributed by atoms with Gasteiger partial charge in [0.15, 0.2) is 10.9 Å². The minimum atomic E-state index is -0.925. The van der Waals surface area contributed by atoms with E-state index in [1.807, 2.05) is 4.90 Å². The third-order valence-electron chi connectivity index (χ3n) is 10.6.